The van der Waals surface area contributed by atoms with Crippen LogP contribution in [0.25, 0.3) is 0 Å². The van der Waals surface area contributed by atoms with Crippen molar-refractivity contribution in [1.82, 2.24) is 19.8 Å². The van der Waals surface area contributed by atoms with Gasteiger partial charge in [0, 0.05) is 64.5 Å². The summed E-state index contributed by atoms with van der Waals surface area (Å²) in [7, 11) is 0. The van der Waals surface area contributed by atoms with Gasteiger partial charge in [0.2, 0.25) is 5.95 Å². The van der Waals surface area contributed by atoms with Gasteiger partial charge in [0.1, 0.15) is 0 Å². The van der Waals surface area contributed by atoms with Crippen LogP contribution in [0.15, 0.2) is 6.20 Å². The normalized spacial score (nSPS) is 25.9. The Hall–Kier alpha value is -1.20. The van der Waals surface area contributed by atoms with Gasteiger partial charge in [-0.3, -0.25) is 4.90 Å². The predicted octanol–water partition coefficient (Wildman–Crippen LogP) is 3.13. The Morgan fingerprint density at radius 3 is 2.36 bits per heavy atom. The summed E-state index contributed by atoms with van der Waals surface area (Å²) < 4.78 is 0. The van der Waals surface area contributed by atoms with Crippen LogP contribution in [-0.4, -0.2) is 71.6 Å². The first kappa shape index (κ1) is 18.8. The van der Waals surface area contributed by atoms with Crippen molar-refractivity contribution >= 4 is 5.95 Å². The predicted molar refractivity (Wildman–Crippen MR) is 114 cm³/mol. The molecule has 0 bridgehead atoms. The molecule has 0 N–H and O–H groups in total. The molecule has 0 radical (unpaired) electrons. The van der Waals surface area contributed by atoms with E-state index >= 15 is 0 Å². The van der Waals surface area contributed by atoms with Crippen LogP contribution >= 0.6 is 0 Å². The van der Waals surface area contributed by atoms with E-state index in [4.69, 9.17) is 9.97 Å². The molecule has 28 heavy (non-hydrogen) atoms. The molecule has 1 aromatic rings. The van der Waals surface area contributed by atoms with Gasteiger partial charge >= 0.3 is 0 Å². The largest absolute Gasteiger partial charge is 0.338 e. The maximum atomic E-state index is 5.05. The fourth-order valence-corrected chi connectivity index (χ4v) is 5.62. The zero-order valence-corrected chi connectivity index (χ0v) is 17.5. The molecule has 0 unspecified atom stereocenters. The van der Waals surface area contributed by atoms with E-state index in [9.17, 15) is 0 Å². The van der Waals surface area contributed by atoms with Crippen LogP contribution in [0.2, 0.25) is 0 Å². The molecule has 0 amide bonds. The quantitative estimate of drug-likeness (QED) is 0.798. The first-order valence-electron chi connectivity index (χ1n) is 11.9. The highest BCUT2D eigenvalue weighted by Crippen LogP contribution is 2.27. The average Bonchev–Trinajstić information content (AvgIpc) is 2.90. The molecule has 1 saturated heterocycles. The monoisotopic (exact) mass is 383 g/mol. The van der Waals surface area contributed by atoms with Crippen molar-refractivity contribution in [2.45, 2.75) is 70.3 Å². The van der Waals surface area contributed by atoms with E-state index in [1.807, 2.05) is 0 Å². The molecule has 3 fully saturated rings. The second-order valence-electron chi connectivity index (χ2n) is 9.55. The maximum Gasteiger partial charge on any atom is 0.225 e. The van der Waals surface area contributed by atoms with E-state index in [1.54, 1.807) is 0 Å². The Kier molecular flexibility index (Phi) is 5.82. The SMILES string of the molecule is c1nc(N2CCN(C3CCC3)CC2)nc2c1CCN(CC1CCCCC1)CC2. The average molecular weight is 384 g/mol. The molecule has 2 aliphatic heterocycles. The van der Waals surface area contributed by atoms with Gasteiger partial charge in [-0.15, -0.1) is 0 Å². The molecule has 4 aliphatic rings. The molecule has 3 heterocycles. The fourth-order valence-electron chi connectivity index (χ4n) is 5.62. The van der Waals surface area contributed by atoms with Gasteiger partial charge in [0.05, 0.1) is 5.69 Å². The minimum Gasteiger partial charge on any atom is -0.338 e. The summed E-state index contributed by atoms with van der Waals surface area (Å²) in [5.74, 6) is 1.91. The molecule has 5 nitrogen and oxygen atoms in total. The van der Waals surface area contributed by atoms with Crippen molar-refractivity contribution in [2.24, 2.45) is 5.92 Å². The van der Waals surface area contributed by atoms with Crippen molar-refractivity contribution in [3.8, 4) is 0 Å². The summed E-state index contributed by atoms with van der Waals surface area (Å²) in [6, 6.07) is 0.866. The zero-order valence-electron chi connectivity index (χ0n) is 17.5. The lowest BCUT2D eigenvalue weighted by molar-refractivity contribution is 0.120. The van der Waals surface area contributed by atoms with Gasteiger partial charge < -0.3 is 9.80 Å². The molecule has 1 aromatic heterocycles. The number of aromatic nitrogens is 2. The molecule has 2 aliphatic carbocycles. The second kappa shape index (κ2) is 8.66. The third kappa shape index (κ3) is 4.20. The molecule has 0 aromatic carbocycles. The van der Waals surface area contributed by atoms with E-state index in [0.717, 1.165) is 43.8 Å². The van der Waals surface area contributed by atoms with Crippen LogP contribution in [-0.2, 0) is 12.8 Å². The lowest BCUT2D eigenvalue weighted by atomic mass is 9.89. The Balaban J connectivity index is 1.17. The van der Waals surface area contributed by atoms with Crippen molar-refractivity contribution in [3.05, 3.63) is 17.5 Å². The van der Waals surface area contributed by atoms with E-state index < -0.39 is 0 Å². The van der Waals surface area contributed by atoms with Gasteiger partial charge in [0.25, 0.3) is 0 Å². The number of hydrogen-bond donors (Lipinski definition) is 0. The molecule has 0 atom stereocenters. The van der Waals surface area contributed by atoms with Gasteiger partial charge in [-0.2, -0.15) is 0 Å². The highest BCUT2D eigenvalue weighted by Gasteiger charge is 2.29. The van der Waals surface area contributed by atoms with E-state index in [2.05, 4.69) is 20.9 Å². The van der Waals surface area contributed by atoms with Crippen LogP contribution in [0.4, 0.5) is 5.95 Å². The molecule has 5 heteroatoms. The molecular formula is C23H37N5. The Bertz CT molecular complexity index is 644. The third-order valence-electron chi connectivity index (χ3n) is 7.73. The first-order chi connectivity index (χ1) is 13.8. The van der Waals surface area contributed by atoms with Crippen molar-refractivity contribution < 1.29 is 0 Å². The van der Waals surface area contributed by atoms with Gasteiger partial charge in [-0.25, -0.2) is 9.97 Å². The Labute approximate surface area is 170 Å². The summed E-state index contributed by atoms with van der Waals surface area (Å²) in [6.45, 7) is 8.20. The minimum atomic E-state index is 0.866. The molecule has 2 saturated carbocycles. The Morgan fingerprint density at radius 2 is 1.61 bits per heavy atom. The van der Waals surface area contributed by atoms with Crippen LogP contribution in [0.3, 0.4) is 0 Å². The number of rotatable bonds is 4. The van der Waals surface area contributed by atoms with Gasteiger partial charge in [-0.05, 0) is 43.6 Å². The highest BCUT2D eigenvalue weighted by molar-refractivity contribution is 5.35. The van der Waals surface area contributed by atoms with Crippen molar-refractivity contribution in [2.75, 3.05) is 50.7 Å². The summed E-state index contributed by atoms with van der Waals surface area (Å²) in [4.78, 5) is 17.6. The lowest BCUT2D eigenvalue weighted by Crippen LogP contribution is -2.52. The first-order valence-corrected chi connectivity index (χ1v) is 11.9. The highest BCUT2D eigenvalue weighted by atomic mass is 15.3. The fraction of sp³-hybridized carbons (Fsp3) is 0.826. The number of anilines is 1. The lowest BCUT2D eigenvalue weighted by Gasteiger charge is -2.43. The maximum absolute atomic E-state index is 5.05. The summed E-state index contributed by atoms with van der Waals surface area (Å²) in [5.41, 5.74) is 2.71. The number of fused-ring (bicyclic) bond motifs is 1. The Morgan fingerprint density at radius 1 is 0.821 bits per heavy atom. The van der Waals surface area contributed by atoms with E-state index in [1.165, 1.54) is 95.3 Å². The minimum absolute atomic E-state index is 0.866. The van der Waals surface area contributed by atoms with Gasteiger partial charge in [-0.1, -0.05) is 25.7 Å². The van der Waals surface area contributed by atoms with Crippen molar-refractivity contribution in [3.63, 3.8) is 0 Å². The molecule has 5 rings (SSSR count). The van der Waals surface area contributed by atoms with Crippen LogP contribution in [0.1, 0.15) is 62.6 Å². The van der Waals surface area contributed by atoms with Crippen LogP contribution in [0.5, 0.6) is 0 Å². The second-order valence-corrected chi connectivity index (χ2v) is 9.55. The summed E-state index contributed by atoms with van der Waals surface area (Å²) >= 11 is 0. The van der Waals surface area contributed by atoms with Gasteiger partial charge in [0.15, 0.2) is 0 Å². The van der Waals surface area contributed by atoms with E-state index in [0.29, 0.717) is 0 Å². The summed E-state index contributed by atoms with van der Waals surface area (Å²) in [5, 5.41) is 0. The standard InChI is InChI=1S/C23H37N5/c1-2-5-19(6-3-1)18-26-11-9-20-17-24-23(25-22(20)10-12-26)28-15-13-27(14-16-28)21-7-4-8-21/h17,19,21H,1-16,18H2. The molecule has 0 spiro atoms. The zero-order chi connectivity index (χ0) is 18.8. The number of hydrogen-bond acceptors (Lipinski definition) is 5. The molecular weight excluding hydrogens is 346 g/mol. The number of piperazine rings is 1. The summed E-state index contributed by atoms with van der Waals surface area (Å²) in [6.07, 6.45) is 15.8. The topological polar surface area (TPSA) is 35.5 Å². The van der Waals surface area contributed by atoms with Crippen LogP contribution < -0.4 is 4.90 Å². The van der Waals surface area contributed by atoms with E-state index in [-0.39, 0.29) is 0 Å². The third-order valence-corrected chi connectivity index (χ3v) is 7.73. The molecule has 154 valence electrons. The van der Waals surface area contributed by atoms with Crippen LogP contribution in [0, 0.1) is 5.92 Å². The number of nitrogens with zero attached hydrogens (tertiary/aromatic N) is 5. The van der Waals surface area contributed by atoms with Crippen molar-refractivity contribution in [1.29, 1.82) is 0 Å². The smallest absolute Gasteiger partial charge is 0.225 e.